The van der Waals surface area contributed by atoms with Gasteiger partial charge >= 0.3 is 6.09 Å². The van der Waals surface area contributed by atoms with Gasteiger partial charge in [-0.15, -0.1) is 0 Å². The quantitative estimate of drug-likeness (QED) is 0.800. The van der Waals surface area contributed by atoms with Crippen molar-refractivity contribution in [3.8, 4) is 17.2 Å². The second-order valence-electron chi connectivity index (χ2n) is 4.39. The van der Waals surface area contributed by atoms with Crippen LogP contribution in [0.25, 0.3) is 11.5 Å². The van der Waals surface area contributed by atoms with Crippen molar-refractivity contribution in [3.05, 3.63) is 66.8 Å². The van der Waals surface area contributed by atoms with Crippen molar-refractivity contribution in [2.75, 3.05) is 0 Å². The molecule has 2 heterocycles. The molecule has 0 saturated heterocycles. The molecule has 3 aromatic rings. The lowest BCUT2D eigenvalue weighted by Crippen LogP contribution is -2.27. The molecule has 3 rings (SSSR count). The Labute approximate surface area is 126 Å². The van der Waals surface area contributed by atoms with Crippen molar-refractivity contribution in [1.82, 2.24) is 15.3 Å². The Morgan fingerprint density at radius 3 is 2.68 bits per heavy atom. The van der Waals surface area contributed by atoms with Crippen LogP contribution < -0.4 is 10.1 Å². The van der Waals surface area contributed by atoms with Gasteiger partial charge in [-0.2, -0.15) is 0 Å². The molecule has 1 amide bonds. The zero-order valence-electron chi connectivity index (χ0n) is 11.6. The van der Waals surface area contributed by atoms with Crippen molar-refractivity contribution in [3.63, 3.8) is 0 Å². The number of para-hydroxylation sites is 1. The molecule has 1 N–H and O–H groups in total. The minimum atomic E-state index is -0.553. The largest absolute Gasteiger partial charge is 0.463 e. The first-order valence-electron chi connectivity index (χ1n) is 6.67. The number of rotatable bonds is 4. The van der Waals surface area contributed by atoms with Crippen LogP contribution in [0.15, 0.2) is 65.5 Å². The predicted octanol–water partition coefficient (Wildman–Crippen LogP) is 3.03. The second-order valence-corrected chi connectivity index (χ2v) is 4.39. The summed E-state index contributed by atoms with van der Waals surface area (Å²) in [5, 5.41) is 2.64. The van der Waals surface area contributed by atoms with Gasteiger partial charge in [0.25, 0.3) is 0 Å². The van der Waals surface area contributed by atoms with Gasteiger partial charge in [-0.1, -0.05) is 18.2 Å². The van der Waals surface area contributed by atoms with Gasteiger partial charge in [-0.25, -0.2) is 9.78 Å². The maximum Gasteiger partial charge on any atom is 0.412 e. The second kappa shape index (κ2) is 6.53. The van der Waals surface area contributed by atoms with E-state index in [1.54, 1.807) is 55.1 Å². The standard InChI is InChI=1S/C16H13N3O3/c20-16(22-12-5-2-1-3-6-12)19-11-13-15(18-9-8-17-13)14-7-4-10-21-14/h1-10H,11H2,(H,19,20). The van der Waals surface area contributed by atoms with Crippen LogP contribution in [0.5, 0.6) is 5.75 Å². The van der Waals surface area contributed by atoms with E-state index in [0.29, 0.717) is 22.9 Å². The van der Waals surface area contributed by atoms with Crippen LogP contribution in [0.3, 0.4) is 0 Å². The third kappa shape index (κ3) is 3.29. The number of carbonyl (C=O) groups is 1. The van der Waals surface area contributed by atoms with Crippen LogP contribution >= 0.6 is 0 Å². The first kappa shape index (κ1) is 13.8. The normalized spacial score (nSPS) is 10.2. The average Bonchev–Trinajstić information content (AvgIpc) is 3.08. The molecule has 0 fully saturated rings. The van der Waals surface area contributed by atoms with Crippen molar-refractivity contribution >= 4 is 6.09 Å². The predicted molar refractivity (Wildman–Crippen MR) is 79.0 cm³/mol. The summed E-state index contributed by atoms with van der Waals surface area (Å²) in [4.78, 5) is 20.2. The Kier molecular flexibility index (Phi) is 4.10. The highest BCUT2D eigenvalue weighted by atomic mass is 16.6. The number of carbonyl (C=O) groups excluding carboxylic acids is 1. The van der Waals surface area contributed by atoms with E-state index < -0.39 is 6.09 Å². The minimum absolute atomic E-state index is 0.190. The molecule has 0 bridgehead atoms. The Bertz CT molecular complexity index is 742. The highest BCUT2D eigenvalue weighted by molar-refractivity contribution is 5.70. The van der Waals surface area contributed by atoms with Crippen molar-refractivity contribution in [2.45, 2.75) is 6.54 Å². The van der Waals surface area contributed by atoms with Gasteiger partial charge in [-0.05, 0) is 24.3 Å². The van der Waals surface area contributed by atoms with E-state index in [0.717, 1.165) is 0 Å². The van der Waals surface area contributed by atoms with Crippen LogP contribution in [-0.2, 0) is 6.54 Å². The van der Waals surface area contributed by atoms with Gasteiger partial charge in [0.2, 0.25) is 0 Å². The molecule has 6 heteroatoms. The molecule has 1 aromatic carbocycles. The molecular weight excluding hydrogens is 282 g/mol. The van der Waals surface area contributed by atoms with E-state index in [-0.39, 0.29) is 6.54 Å². The topological polar surface area (TPSA) is 77.3 Å². The summed E-state index contributed by atoms with van der Waals surface area (Å²) >= 11 is 0. The summed E-state index contributed by atoms with van der Waals surface area (Å²) in [5.74, 6) is 1.08. The van der Waals surface area contributed by atoms with E-state index in [1.807, 2.05) is 6.07 Å². The summed E-state index contributed by atoms with van der Waals surface area (Å²) in [6.45, 7) is 0.190. The van der Waals surface area contributed by atoms with Crippen LogP contribution in [0.2, 0.25) is 0 Å². The van der Waals surface area contributed by atoms with E-state index in [4.69, 9.17) is 9.15 Å². The van der Waals surface area contributed by atoms with Crippen molar-refractivity contribution in [1.29, 1.82) is 0 Å². The summed E-state index contributed by atoms with van der Waals surface area (Å²) < 4.78 is 10.5. The van der Waals surface area contributed by atoms with Gasteiger partial charge < -0.3 is 14.5 Å². The van der Waals surface area contributed by atoms with E-state index in [1.165, 1.54) is 0 Å². The molecule has 0 aliphatic carbocycles. The Balaban J connectivity index is 1.66. The molecule has 0 spiro atoms. The third-order valence-corrected chi connectivity index (χ3v) is 2.88. The van der Waals surface area contributed by atoms with Gasteiger partial charge in [0.15, 0.2) is 5.76 Å². The summed E-state index contributed by atoms with van der Waals surface area (Å²) in [6.07, 6.45) is 4.14. The number of benzene rings is 1. The van der Waals surface area contributed by atoms with E-state index >= 15 is 0 Å². The molecule has 0 atom stereocenters. The minimum Gasteiger partial charge on any atom is -0.463 e. The molecule has 2 aromatic heterocycles. The molecule has 22 heavy (non-hydrogen) atoms. The monoisotopic (exact) mass is 295 g/mol. The lowest BCUT2D eigenvalue weighted by Gasteiger charge is -2.08. The van der Waals surface area contributed by atoms with Crippen LogP contribution in [-0.4, -0.2) is 16.1 Å². The molecule has 110 valence electrons. The Morgan fingerprint density at radius 1 is 1.09 bits per heavy atom. The summed E-state index contributed by atoms with van der Waals surface area (Å²) in [7, 11) is 0. The van der Waals surface area contributed by atoms with Crippen LogP contribution in [0.1, 0.15) is 5.69 Å². The zero-order valence-corrected chi connectivity index (χ0v) is 11.6. The van der Waals surface area contributed by atoms with E-state index in [9.17, 15) is 4.79 Å². The first-order chi connectivity index (χ1) is 10.8. The number of amides is 1. The maximum absolute atomic E-state index is 11.8. The lowest BCUT2D eigenvalue weighted by atomic mass is 10.2. The Hall–Kier alpha value is -3.15. The maximum atomic E-state index is 11.8. The molecule has 0 aliphatic rings. The van der Waals surface area contributed by atoms with E-state index in [2.05, 4.69) is 15.3 Å². The molecule has 0 saturated carbocycles. The van der Waals surface area contributed by atoms with Gasteiger partial charge in [-0.3, -0.25) is 4.98 Å². The lowest BCUT2D eigenvalue weighted by molar-refractivity contribution is 0.200. The van der Waals surface area contributed by atoms with Crippen molar-refractivity contribution in [2.24, 2.45) is 0 Å². The highest BCUT2D eigenvalue weighted by Crippen LogP contribution is 2.19. The fourth-order valence-electron chi connectivity index (χ4n) is 1.90. The molecule has 0 unspecified atom stereocenters. The number of aromatic nitrogens is 2. The fraction of sp³-hybridized carbons (Fsp3) is 0.0625. The SMILES string of the molecule is O=C(NCc1nccnc1-c1ccco1)Oc1ccccc1. The number of furan rings is 1. The summed E-state index contributed by atoms with van der Waals surface area (Å²) in [6, 6.07) is 12.4. The number of nitrogens with zero attached hydrogens (tertiary/aromatic N) is 2. The number of hydrogen-bond donors (Lipinski definition) is 1. The summed E-state index contributed by atoms with van der Waals surface area (Å²) in [5.41, 5.74) is 1.19. The van der Waals surface area contributed by atoms with Crippen LogP contribution in [0, 0.1) is 0 Å². The molecule has 0 aliphatic heterocycles. The zero-order chi connectivity index (χ0) is 15.2. The first-order valence-corrected chi connectivity index (χ1v) is 6.67. The smallest absolute Gasteiger partial charge is 0.412 e. The molecular formula is C16H13N3O3. The number of ether oxygens (including phenoxy) is 1. The van der Waals surface area contributed by atoms with Crippen LogP contribution in [0.4, 0.5) is 4.79 Å². The van der Waals surface area contributed by atoms with Gasteiger partial charge in [0.05, 0.1) is 18.5 Å². The molecule has 0 radical (unpaired) electrons. The van der Waals surface area contributed by atoms with Gasteiger partial charge in [0.1, 0.15) is 11.4 Å². The van der Waals surface area contributed by atoms with Gasteiger partial charge in [0, 0.05) is 12.4 Å². The highest BCUT2D eigenvalue weighted by Gasteiger charge is 2.12. The molecule has 6 nitrogen and oxygen atoms in total. The Morgan fingerprint density at radius 2 is 1.91 bits per heavy atom. The third-order valence-electron chi connectivity index (χ3n) is 2.88. The fourth-order valence-corrected chi connectivity index (χ4v) is 1.90. The number of nitrogens with one attached hydrogen (secondary N) is 1. The number of hydrogen-bond acceptors (Lipinski definition) is 5. The van der Waals surface area contributed by atoms with Crippen molar-refractivity contribution < 1.29 is 13.9 Å². The average molecular weight is 295 g/mol.